The van der Waals surface area contributed by atoms with Gasteiger partial charge in [-0.15, -0.1) is 0 Å². The molecule has 1 saturated heterocycles. The molecule has 0 aromatic carbocycles. The Kier molecular flexibility index (Phi) is 3.12. The molecule has 0 unspecified atom stereocenters. The Morgan fingerprint density at radius 2 is 1.73 bits per heavy atom. The van der Waals surface area contributed by atoms with Crippen LogP contribution in [0.4, 0.5) is 0 Å². The maximum Gasteiger partial charge on any atom is 0.219 e. The summed E-state index contributed by atoms with van der Waals surface area (Å²) in [4.78, 5) is 13.2. The van der Waals surface area contributed by atoms with Crippen molar-refractivity contribution in [2.75, 3.05) is 13.1 Å². The minimum Gasteiger partial charge on any atom is -0.341 e. The topological polar surface area (TPSA) is 43.8 Å². The number of carbonyl (C=O) groups excluding carboxylic acids is 1. The third-order valence-electron chi connectivity index (χ3n) is 3.16. The first-order valence-electron chi connectivity index (χ1n) is 5.41. The largest absolute Gasteiger partial charge is 0.341 e. The molecule has 1 amide bonds. The number of amides is 1. The number of rotatable bonds is 0. The molecule has 0 aromatic rings. The van der Waals surface area contributed by atoms with Gasteiger partial charge in [-0.05, 0) is 34.1 Å². The lowest BCUT2D eigenvalue weighted by atomic mass is 9.95. The van der Waals surface area contributed by atoms with E-state index in [2.05, 4.69) is 0 Å². The Morgan fingerprint density at radius 3 is 2.20 bits per heavy atom. The van der Waals surface area contributed by atoms with Crippen molar-refractivity contribution in [1.29, 1.82) is 0 Å². The van der Waals surface area contributed by atoms with Crippen molar-refractivity contribution in [2.45, 2.75) is 52.1 Å². The number of hydroxylamine groups is 2. The molecule has 1 aliphatic rings. The average Bonchev–Trinajstić information content (AvgIpc) is 2.16. The van der Waals surface area contributed by atoms with Crippen LogP contribution in [0.25, 0.3) is 0 Å². The molecule has 1 fully saturated rings. The highest BCUT2D eigenvalue weighted by Crippen LogP contribution is 2.30. The van der Waals surface area contributed by atoms with Crippen molar-refractivity contribution in [3.05, 3.63) is 0 Å². The van der Waals surface area contributed by atoms with E-state index >= 15 is 0 Å². The third-order valence-corrected chi connectivity index (χ3v) is 3.16. The van der Waals surface area contributed by atoms with Gasteiger partial charge >= 0.3 is 0 Å². The fourth-order valence-electron chi connectivity index (χ4n) is 2.22. The molecule has 0 atom stereocenters. The maximum atomic E-state index is 11.4. The summed E-state index contributed by atoms with van der Waals surface area (Å²) in [5.74, 6) is 0.0779. The molecule has 1 heterocycles. The zero-order valence-electron chi connectivity index (χ0n) is 10.4. The van der Waals surface area contributed by atoms with Crippen LogP contribution in [0.2, 0.25) is 0 Å². The minimum atomic E-state index is -0.397. The zero-order chi connectivity index (χ0) is 11.9. The predicted molar refractivity (Wildman–Crippen MR) is 58.7 cm³/mol. The first-order valence-corrected chi connectivity index (χ1v) is 5.41. The second kappa shape index (κ2) is 3.76. The summed E-state index contributed by atoms with van der Waals surface area (Å²) in [6.07, 6.45) is 0.784. The highest BCUT2D eigenvalue weighted by Gasteiger charge is 2.41. The summed E-state index contributed by atoms with van der Waals surface area (Å²) in [6, 6.07) is 0. The van der Waals surface area contributed by atoms with E-state index in [9.17, 15) is 10.0 Å². The monoisotopic (exact) mass is 214 g/mol. The molecule has 1 aliphatic heterocycles. The van der Waals surface area contributed by atoms with Gasteiger partial charge in [-0.25, -0.2) is 0 Å². The molecule has 0 saturated carbocycles. The molecule has 0 aliphatic carbocycles. The van der Waals surface area contributed by atoms with Crippen LogP contribution < -0.4 is 0 Å². The average molecular weight is 214 g/mol. The minimum absolute atomic E-state index is 0.0779. The van der Waals surface area contributed by atoms with Gasteiger partial charge in [0.1, 0.15) is 0 Å². The lowest BCUT2D eigenvalue weighted by Gasteiger charge is -2.41. The van der Waals surface area contributed by atoms with Crippen molar-refractivity contribution >= 4 is 5.91 Å². The van der Waals surface area contributed by atoms with Crippen LogP contribution in [-0.4, -0.2) is 45.2 Å². The summed E-state index contributed by atoms with van der Waals surface area (Å²) < 4.78 is 0. The van der Waals surface area contributed by atoms with E-state index in [1.54, 1.807) is 11.8 Å². The molecule has 1 N–H and O–H groups in total. The van der Waals surface area contributed by atoms with Gasteiger partial charge < -0.3 is 10.1 Å². The molecule has 4 heteroatoms. The highest BCUT2D eigenvalue weighted by molar-refractivity contribution is 5.73. The maximum absolute atomic E-state index is 11.4. The molecule has 0 spiro atoms. The van der Waals surface area contributed by atoms with Crippen LogP contribution in [0, 0.1) is 0 Å². The van der Waals surface area contributed by atoms with Gasteiger partial charge in [-0.3, -0.25) is 4.79 Å². The molecule has 15 heavy (non-hydrogen) atoms. The van der Waals surface area contributed by atoms with E-state index in [1.165, 1.54) is 5.06 Å². The molecule has 0 radical (unpaired) electrons. The lowest BCUT2D eigenvalue weighted by molar-refractivity contribution is -0.219. The van der Waals surface area contributed by atoms with Crippen LogP contribution in [0.5, 0.6) is 0 Å². The number of hydrogen-bond acceptors (Lipinski definition) is 3. The predicted octanol–water partition coefficient (Wildman–Crippen LogP) is 1.49. The van der Waals surface area contributed by atoms with Crippen molar-refractivity contribution in [2.24, 2.45) is 0 Å². The quantitative estimate of drug-likeness (QED) is 0.664. The van der Waals surface area contributed by atoms with Crippen LogP contribution in [-0.2, 0) is 4.79 Å². The Hall–Kier alpha value is -0.610. The second-order valence-electron chi connectivity index (χ2n) is 5.63. The highest BCUT2D eigenvalue weighted by atomic mass is 16.5. The molecule has 0 aromatic heterocycles. The van der Waals surface area contributed by atoms with Crippen LogP contribution >= 0.6 is 0 Å². The van der Waals surface area contributed by atoms with Crippen molar-refractivity contribution in [3.63, 3.8) is 0 Å². The standard InChI is InChI=1S/C11H22N2O2/c1-9(14)12-7-6-10(2,3)13(15)11(4,5)8-12/h15H,6-8H2,1-5H3. The van der Waals surface area contributed by atoms with Crippen LogP contribution in [0.3, 0.4) is 0 Å². The normalized spacial score (nSPS) is 26.1. The van der Waals surface area contributed by atoms with E-state index in [-0.39, 0.29) is 11.4 Å². The molecule has 0 bridgehead atoms. The fourth-order valence-corrected chi connectivity index (χ4v) is 2.22. The van der Waals surface area contributed by atoms with Gasteiger partial charge in [0, 0.05) is 25.6 Å². The van der Waals surface area contributed by atoms with Crippen LogP contribution in [0.1, 0.15) is 41.0 Å². The Morgan fingerprint density at radius 1 is 1.20 bits per heavy atom. The lowest BCUT2D eigenvalue weighted by Crippen LogP contribution is -2.55. The van der Waals surface area contributed by atoms with Gasteiger partial charge in [0.15, 0.2) is 0 Å². The first kappa shape index (κ1) is 12.5. The summed E-state index contributed by atoms with van der Waals surface area (Å²) >= 11 is 0. The summed E-state index contributed by atoms with van der Waals surface area (Å²) in [5, 5.41) is 11.5. The van der Waals surface area contributed by atoms with E-state index in [0.717, 1.165) is 6.42 Å². The van der Waals surface area contributed by atoms with Crippen molar-refractivity contribution < 1.29 is 10.0 Å². The number of carbonyl (C=O) groups is 1. The molecular weight excluding hydrogens is 192 g/mol. The molecule has 1 rings (SSSR count). The van der Waals surface area contributed by atoms with Crippen molar-refractivity contribution in [3.8, 4) is 0 Å². The van der Waals surface area contributed by atoms with Gasteiger partial charge in [0.2, 0.25) is 5.91 Å². The van der Waals surface area contributed by atoms with Gasteiger partial charge in [-0.2, -0.15) is 5.06 Å². The Balaban J connectivity index is 2.94. The Labute approximate surface area is 91.8 Å². The molecule has 4 nitrogen and oxygen atoms in total. The first-order chi connectivity index (χ1) is 6.67. The van der Waals surface area contributed by atoms with Crippen molar-refractivity contribution in [1.82, 2.24) is 9.96 Å². The molecule has 88 valence electrons. The summed E-state index contributed by atoms with van der Waals surface area (Å²) in [7, 11) is 0. The van der Waals surface area contributed by atoms with Gasteiger partial charge in [-0.1, -0.05) is 0 Å². The van der Waals surface area contributed by atoms with E-state index in [4.69, 9.17) is 0 Å². The van der Waals surface area contributed by atoms with Gasteiger partial charge in [0.05, 0.1) is 5.54 Å². The zero-order valence-corrected chi connectivity index (χ0v) is 10.4. The van der Waals surface area contributed by atoms with E-state index in [0.29, 0.717) is 13.1 Å². The summed E-state index contributed by atoms with van der Waals surface area (Å²) in [5.41, 5.74) is -0.681. The third kappa shape index (κ3) is 2.49. The second-order valence-corrected chi connectivity index (χ2v) is 5.63. The Bertz CT molecular complexity index is 261. The fraction of sp³-hybridized carbons (Fsp3) is 0.909. The van der Waals surface area contributed by atoms with Gasteiger partial charge in [0.25, 0.3) is 0 Å². The number of hydrogen-bond donors (Lipinski definition) is 1. The smallest absolute Gasteiger partial charge is 0.219 e. The SMILES string of the molecule is CC(=O)N1CCC(C)(C)N(O)C(C)(C)C1. The van der Waals surface area contributed by atoms with E-state index in [1.807, 2.05) is 27.7 Å². The summed E-state index contributed by atoms with van der Waals surface area (Å²) in [6.45, 7) is 10.8. The number of nitrogens with zero attached hydrogens (tertiary/aromatic N) is 2. The molecular formula is C11H22N2O2. The van der Waals surface area contributed by atoms with Crippen LogP contribution in [0.15, 0.2) is 0 Å². The van der Waals surface area contributed by atoms with E-state index < -0.39 is 5.54 Å².